The summed E-state index contributed by atoms with van der Waals surface area (Å²) in [4.78, 5) is 39.1. The Morgan fingerprint density at radius 3 is 2.77 bits per heavy atom. The van der Waals surface area contributed by atoms with E-state index in [1.54, 1.807) is 24.3 Å². The number of benzene rings is 2. The van der Waals surface area contributed by atoms with Crippen LogP contribution in [0.1, 0.15) is 40.6 Å². The molecule has 1 amide bonds. The van der Waals surface area contributed by atoms with Gasteiger partial charge in [-0.3, -0.25) is 19.7 Å². The molecule has 0 unspecified atom stereocenters. The van der Waals surface area contributed by atoms with E-state index < -0.39 is 16.9 Å². The third-order valence-corrected chi connectivity index (χ3v) is 5.98. The van der Waals surface area contributed by atoms with Gasteiger partial charge in [-0.25, -0.2) is 0 Å². The molecule has 9 heteroatoms. The van der Waals surface area contributed by atoms with E-state index in [0.29, 0.717) is 17.2 Å². The Balaban J connectivity index is 1.72. The van der Waals surface area contributed by atoms with Crippen LogP contribution >= 0.6 is 11.6 Å². The molecule has 1 fully saturated rings. The molecule has 3 heterocycles. The Morgan fingerprint density at radius 2 is 2.03 bits per heavy atom. The molecule has 5 rings (SSSR count). The maximum absolute atomic E-state index is 13.4. The lowest BCUT2D eigenvalue weighted by Crippen LogP contribution is -2.36. The second-order valence-corrected chi connectivity index (χ2v) is 8.10. The molecule has 3 aromatic rings. The number of fused-ring (bicyclic) bond motifs is 2. The first kappa shape index (κ1) is 19.7. The summed E-state index contributed by atoms with van der Waals surface area (Å²) in [5.41, 5.74) is 0.395. The minimum atomic E-state index is -0.814. The Kier molecular flexibility index (Phi) is 4.75. The first-order valence-electron chi connectivity index (χ1n) is 9.87. The Morgan fingerprint density at radius 1 is 1.19 bits per heavy atom. The molecule has 158 valence electrons. The number of amides is 1. The summed E-state index contributed by atoms with van der Waals surface area (Å²) in [6, 6.07) is 9.79. The highest BCUT2D eigenvalue weighted by Crippen LogP contribution is 2.39. The number of halogens is 1. The van der Waals surface area contributed by atoms with Gasteiger partial charge >= 0.3 is 0 Å². The number of non-ortho nitro benzene ring substituents is 1. The van der Waals surface area contributed by atoms with Crippen molar-refractivity contribution < 1.29 is 18.9 Å². The molecular weight excluding hydrogens is 424 g/mol. The minimum absolute atomic E-state index is 0.0469. The quantitative estimate of drug-likeness (QED) is 0.447. The molecule has 8 nitrogen and oxygen atoms in total. The van der Waals surface area contributed by atoms with Gasteiger partial charge in [0.25, 0.3) is 11.6 Å². The molecule has 2 aliphatic heterocycles. The van der Waals surface area contributed by atoms with Gasteiger partial charge in [0.05, 0.1) is 28.0 Å². The predicted molar refractivity (Wildman–Crippen MR) is 112 cm³/mol. The number of nitro groups is 1. The largest absolute Gasteiger partial charge is 0.450 e. The van der Waals surface area contributed by atoms with Crippen LogP contribution in [0.25, 0.3) is 11.0 Å². The van der Waals surface area contributed by atoms with E-state index in [4.69, 9.17) is 20.8 Å². The monoisotopic (exact) mass is 440 g/mol. The third-order valence-electron chi connectivity index (χ3n) is 5.75. The van der Waals surface area contributed by atoms with Crippen molar-refractivity contribution in [2.75, 3.05) is 13.2 Å². The molecule has 0 aliphatic carbocycles. The number of hydrogen-bond donors (Lipinski definition) is 0. The van der Waals surface area contributed by atoms with Crippen LogP contribution in [0.15, 0.2) is 51.7 Å². The predicted octanol–water partition coefficient (Wildman–Crippen LogP) is 4.08. The van der Waals surface area contributed by atoms with E-state index in [2.05, 4.69) is 0 Å². The highest BCUT2D eigenvalue weighted by atomic mass is 35.5. The van der Waals surface area contributed by atoms with Gasteiger partial charge in [0.2, 0.25) is 5.76 Å². The molecule has 1 saturated heterocycles. The molecule has 0 radical (unpaired) electrons. The summed E-state index contributed by atoms with van der Waals surface area (Å²) in [5, 5.41) is 12.0. The molecule has 0 spiro atoms. The van der Waals surface area contributed by atoms with Crippen molar-refractivity contribution in [3.8, 4) is 0 Å². The van der Waals surface area contributed by atoms with E-state index in [1.165, 1.54) is 23.1 Å². The molecule has 2 aliphatic rings. The number of carbonyl (C=O) groups is 1. The number of nitrogens with zero attached hydrogens (tertiary/aromatic N) is 2. The van der Waals surface area contributed by atoms with Crippen molar-refractivity contribution in [2.45, 2.75) is 25.0 Å². The lowest BCUT2D eigenvalue weighted by atomic mass is 9.98. The highest BCUT2D eigenvalue weighted by molar-refractivity contribution is 6.31. The Labute approximate surface area is 181 Å². The fourth-order valence-corrected chi connectivity index (χ4v) is 4.52. The van der Waals surface area contributed by atoms with Crippen LogP contribution in [-0.4, -0.2) is 35.0 Å². The van der Waals surface area contributed by atoms with Crippen LogP contribution in [0, 0.1) is 10.1 Å². The van der Waals surface area contributed by atoms with Gasteiger partial charge in [-0.2, -0.15) is 0 Å². The second-order valence-electron chi connectivity index (χ2n) is 7.66. The molecule has 1 aromatic heterocycles. The van der Waals surface area contributed by atoms with Crippen LogP contribution < -0.4 is 5.43 Å². The number of carbonyl (C=O) groups excluding carboxylic acids is 1. The summed E-state index contributed by atoms with van der Waals surface area (Å²) < 4.78 is 11.6. The maximum Gasteiger partial charge on any atom is 0.291 e. The average Bonchev–Trinajstić information content (AvgIpc) is 3.36. The first-order valence-corrected chi connectivity index (χ1v) is 10.2. The number of ether oxygens (including phenoxy) is 1. The number of hydrogen-bond acceptors (Lipinski definition) is 6. The smallest absolute Gasteiger partial charge is 0.291 e. The zero-order chi connectivity index (χ0) is 21.7. The number of nitro benzene ring substituents is 1. The Hall–Kier alpha value is -3.23. The standard InChI is InChI=1S/C22H17ClN2O6/c23-13-6-7-17-16(10-13)20(26)18-19(12-3-1-4-14(9-12)25(28)29)24(22(27)21(18)31-17)11-15-5-2-8-30-15/h1,3-4,6-7,9-10,15,19H,2,5,8,11H2/t15-,19+/m1/s1. The summed E-state index contributed by atoms with van der Waals surface area (Å²) in [5.74, 6) is -0.481. The van der Waals surface area contributed by atoms with Crippen molar-refractivity contribution in [1.29, 1.82) is 0 Å². The van der Waals surface area contributed by atoms with Crippen LogP contribution in [0.3, 0.4) is 0 Å². The van der Waals surface area contributed by atoms with Crippen LogP contribution in [-0.2, 0) is 4.74 Å². The van der Waals surface area contributed by atoms with Gasteiger partial charge in [-0.05, 0) is 36.6 Å². The summed E-state index contributed by atoms with van der Waals surface area (Å²) in [6.45, 7) is 0.869. The third kappa shape index (κ3) is 3.28. The minimum Gasteiger partial charge on any atom is -0.450 e. The SMILES string of the molecule is O=C1c2oc3ccc(Cl)cc3c(=O)c2[C@H](c2cccc([N+](=O)[O-])c2)N1C[C@H]1CCCO1. The Bertz CT molecular complexity index is 1280. The fourth-order valence-electron chi connectivity index (χ4n) is 4.34. The van der Waals surface area contributed by atoms with Crippen molar-refractivity contribution in [3.05, 3.63) is 84.7 Å². The van der Waals surface area contributed by atoms with Gasteiger partial charge in [0, 0.05) is 30.3 Å². The van der Waals surface area contributed by atoms with Crippen LogP contribution in [0.2, 0.25) is 5.02 Å². The molecule has 2 aromatic carbocycles. The van der Waals surface area contributed by atoms with E-state index >= 15 is 0 Å². The normalized spacial score (nSPS) is 20.4. The zero-order valence-corrected chi connectivity index (χ0v) is 17.0. The van der Waals surface area contributed by atoms with Gasteiger partial charge in [0.15, 0.2) is 5.43 Å². The lowest BCUT2D eigenvalue weighted by Gasteiger charge is -2.27. The molecule has 0 bridgehead atoms. The van der Waals surface area contributed by atoms with Crippen LogP contribution in [0.4, 0.5) is 5.69 Å². The maximum atomic E-state index is 13.4. The van der Waals surface area contributed by atoms with Crippen molar-refractivity contribution >= 4 is 34.2 Å². The first-order chi connectivity index (χ1) is 14.9. The van der Waals surface area contributed by atoms with Crippen molar-refractivity contribution in [2.24, 2.45) is 0 Å². The van der Waals surface area contributed by atoms with Gasteiger partial charge in [0.1, 0.15) is 5.58 Å². The topological polar surface area (TPSA) is 103 Å². The summed E-state index contributed by atoms with van der Waals surface area (Å²) >= 11 is 6.07. The van der Waals surface area contributed by atoms with E-state index in [9.17, 15) is 19.7 Å². The fraction of sp³-hybridized carbons (Fsp3) is 0.273. The van der Waals surface area contributed by atoms with Gasteiger partial charge < -0.3 is 14.1 Å². The summed E-state index contributed by atoms with van der Waals surface area (Å²) in [6.07, 6.45) is 1.51. The van der Waals surface area contributed by atoms with Crippen molar-refractivity contribution in [3.63, 3.8) is 0 Å². The second kappa shape index (κ2) is 7.47. The van der Waals surface area contributed by atoms with E-state index in [-0.39, 0.29) is 46.1 Å². The summed E-state index contributed by atoms with van der Waals surface area (Å²) in [7, 11) is 0. The molecular formula is C22H17ClN2O6. The van der Waals surface area contributed by atoms with E-state index in [0.717, 1.165) is 12.8 Å². The van der Waals surface area contributed by atoms with E-state index in [1.807, 2.05) is 0 Å². The number of rotatable bonds is 4. The average molecular weight is 441 g/mol. The molecule has 0 N–H and O–H groups in total. The van der Waals surface area contributed by atoms with Crippen LogP contribution in [0.5, 0.6) is 0 Å². The van der Waals surface area contributed by atoms with Gasteiger partial charge in [-0.15, -0.1) is 0 Å². The van der Waals surface area contributed by atoms with Gasteiger partial charge in [-0.1, -0.05) is 23.7 Å². The lowest BCUT2D eigenvalue weighted by molar-refractivity contribution is -0.384. The molecule has 31 heavy (non-hydrogen) atoms. The zero-order valence-electron chi connectivity index (χ0n) is 16.2. The molecule has 0 saturated carbocycles. The highest BCUT2D eigenvalue weighted by Gasteiger charge is 2.44. The molecule has 2 atom stereocenters. The van der Waals surface area contributed by atoms with Crippen molar-refractivity contribution in [1.82, 2.24) is 4.90 Å².